The van der Waals surface area contributed by atoms with Crippen LogP contribution in [-0.2, 0) is 14.8 Å². The Morgan fingerprint density at radius 1 is 1.21 bits per heavy atom. The summed E-state index contributed by atoms with van der Waals surface area (Å²) in [4.78, 5) is 12.7. The Hall–Kier alpha value is -1.80. The van der Waals surface area contributed by atoms with Crippen molar-refractivity contribution in [2.45, 2.75) is 24.7 Å². The number of carbonyl (C=O) groups excluding carboxylic acids is 1. The molecule has 0 unspecified atom stereocenters. The minimum Gasteiger partial charge on any atom is -0.495 e. The van der Waals surface area contributed by atoms with E-state index in [-0.39, 0.29) is 23.1 Å². The number of benzene rings is 2. The van der Waals surface area contributed by atoms with Gasteiger partial charge in [-0.15, -0.1) is 0 Å². The molecule has 1 aliphatic heterocycles. The molecule has 156 valence electrons. The van der Waals surface area contributed by atoms with Crippen LogP contribution >= 0.6 is 23.2 Å². The van der Waals surface area contributed by atoms with Crippen molar-refractivity contribution in [3.63, 3.8) is 0 Å². The van der Waals surface area contributed by atoms with E-state index in [9.17, 15) is 13.2 Å². The lowest BCUT2D eigenvalue weighted by Crippen LogP contribution is -2.43. The zero-order valence-corrected chi connectivity index (χ0v) is 18.4. The molecule has 9 heteroatoms. The largest absolute Gasteiger partial charge is 0.495 e. The number of carbonyl (C=O) groups is 1. The maximum Gasteiger partial charge on any atom is 0.246 e. The van der Waals surface area contributed by atoms with Crippen LogP contribution in [0.4, 0.5) is 5.69 Å². The van der Waals surface area contributed by atoms with Crippen molar-refractivity contribution >= 4 is 44.8 Å². The molecule has 1 aliphatic rings. The smallest absolute Gasteiger partial charge is 0.246 e. The Kier molecular flexibility index (Phi) is 6.73. The topological polar surface area (TPSA) is 75.7 Å². The molecule has 1 N–H and O–H groups in total. The van der Waals surface area contributed by atoms with Gasteiger partial charge in [-0.3, -0.25) is 4.79 Å². The van der Waals surface area contributed by atoms with Crippen molar-refractivity contribution in [3.8, 4) is 5.75 Å². The van der Waals surface area contributed by atoms with E-state index < -0.39 is 15.9 Å². The highest BCUT2D eigenvalue weighted by Crippen LogP contribution is 2.32. The van der Waals surface area contributed by atoms with Gasteiger partial charge in [0.15, 0.2) is 0 Å². The van der Waals surface area contributed by atoms with Crippen LogP contribution in [0, 0.1) is 12.8 Å². The summed E-state index contributed by atoms with van der Waals surface area (Å²) in [6.07, 6.45) is 1.18. The Balaban J connectivity index is 1.78. The Labute approximate surface area is 180 Å². The lowest BCUT2D eigenvalue weighted by Gasteiger charge is -2.31. The first-order valence-corrected chi connectivity index (χ1v) is 11.3. The molecule has 1 fully saturated rings. The Morgan fingerprint density at radius 3 is 2.66 bits per heavy atom. The quantitative estimate of drug-likeness (QED) is 0.725. The molecule has 0 radical (unpaired) electrons. The van der Waals surface area contributed by atoms with Crippen molar-refractivity contribution in [3.05, 3.63) is 52.0 Å². The van der Waals surface area contributed by atoms with E-state index >= 15 is 0 Å². The number of anilines is 1. The number of piperidine rings is 1. The number of halogens is 2. The van der Waals surface area contributed by atoms with Crippen LogP contribution in [0.2, 0.25) is 10.0 Å². The van der Waals surface area contributed by atoms with E-state index in [4.69, 9.17) is 27.9 Å². The number of sulfonamides is 1. The van der Waals surface area contributed by atoms with Gasteiger partial charge < -0.3 is 10.1 Å². The fraction of sp³-hybridized carbons (Fsp3) is 0.350. The third-order valence-corrected chi connectivity index (χ3v) is 7.47. The van der Waals surface area contributed by atoms with Crippen LogP contribution < -0.4 is 10.1 Å². The summed E-state index contributed by atoms with van der Waals surface area (Å²) in [5.41, 5.74) is 1.50. The van der Waals surface area contributed by atoms with Crippen molar-refractivity contribution in [2.75, 3.05) is 25.5 Å². The first-order chi connectivity index (χ1) is 13.7. The maximum atomic E-state index is 13.2. The zero-order valence-electron chi connectivity index (χ0n) is 16.1. The van der Waals surface area contributed by atoms with Crippen LogP contribution in [0.3, 0.4) is 0 Å². The van der Waals surface area contributed by atoms with Gasteiger partial charge in [0.1, 0.15) is 10.6 Å². The fourth-order valence-corrected chi connectivity index (χ4v) is 5.40. The van der Waals surface area contributed by atoms with Gasteiger partial charge in [0.25, 0.3) is 0 Å². The summed E-state index contributed by atoms with van der Waals surface area (Å²) in [5, 5.41) is 3.69. The number of aryl methyl sites for hydroxylation is 1. The van der Waals surface area contributed by atoms with E-state index in [0.717, 1.165) is 5.56 Å². The number of nitrogens with one attached hydrogen (secondary N) is 1. The monoisotopic (exact) mass is 456 g/mol. The minimum atomic E-state index is -3.86. The van der Waals surface area contributed by atoms with E-state index in [0.29, 0.717) is 35.1 Å². The molecule has 0 aromatic heterocycles. The molecule has 1 atom stereocenters. The third kappa shape index (κ3) is 4.86. The predicted molar refractivity (Wildman–Crippen MR) is 114 cm³/mol. The molecule has 1 heterocycles. The molecule has 0 spiro atoms. The SMILES string of the molecule is COc1ccc(Cl)cc1S(=O)(=O)N1CCC[C@H](C(=O)Nc2ccc(C)c(Cl)c2)C1. The number of ether oxygens (including phenoxy) is 1. The van der Waals surface area contributed by atoms with Gasteiger partial charge >= 0.3 is 0 Å². The molecule has 3 rings (SSSR count). The van der Waals surface area contributed by atoms with E-state index in [1.165, 1.54) is 23.5 Å². The highest BCUT2D eigenvalue weighted by molar-refractivity contribution is 7.89. The van der Waals surface area contributed by atoms with Crippen LogP contribution in [0.25, 0.3) is 0 Å². The highest BCUT2D eigenvalue weighted by atomic mass is 35.5. The minimum absolute atomic E-state index is 0.00104. The first kappa shape index (κ1) is 21.9. The standard InChI is InChI=1S/C20H22Cl2N2O4S/c1-13-5-7-16(11-17(13)22)23-20(25)14-4-3-9-24(12-14)29(26,27)19-10-15(21)6-8-18(19)28-2/h5-8,10-11,14H,3-4,9,12H2,1-2H3,(H,23,25)/t14-/m0/s1. The molecule has 2 aromatic rings. The number of methoxy groups -OCH3 is 1. The lowest BCUT2D eigenvalue weighted by molar-refractivity contribution is -0.120. The average Bonchev–Trinajstić information content (AvgIpc) is 2.70. The van der Waals surface area contributed by atoms with Crippen molar-refractivity contribution in [1.82, 2.24) is 4.31 Å². The summed E-state index contributed by atoms with van der Waals surface area (Å²) in [6.45, 7) is 2.30. The average molecular weight is 457 g/mol. The second kappa shape index (κ2) is 8.92. The summed E-state index contributed by atoms with van der Waals surface area (Å²) < 4.78 is 32.8. The predicted octanol–water partition coefficient (Wildman–Crippen LogP) is 4.35. The lowest BCUT2D eigenvalue weighted by atomic mass is 9.98. The number of hydrogen-bond donors (Lipinski definition) is 1. The Morgan fingerprint density at radius 2 is 1.97 bits per heavy atom. The number of rotatable bonds is 5. The molecule has 0 aliphatic carbocycles. The first-order valence-electron chi connectivity index (χ1n) is 9.13. The van der Waals surface area contributed by atoms with E-state index in [2.05, 4.69) is 5.32 Å². The number of amides is 1. The molecule has 6 nitrogen and oxygen atoms in total. The van der Waals surface area contributed by atoms with Gasteiger partial charge in [-0.05, 0) is 55.7 Å². The summed E-state index contributed by atoms with van der Waals surface area (Å²) >= 11 is 12.1. The van der Waals surface area contributed by atoms with Crippen LogP contribution in [0.5, 0.6) is 5.75 Å². The van der Waals surface area contributed by atoms with Crippen LogP contribution in [-0.4, -0.2) is 38.8 Å². The van der Waals surface area contributed by atoms with Gasteiger partial charge in [0, 0.05) is 28.8 Å². The number of hydrogen-bond acceptors (Lipinski definition) is 4. The van der Waals surface area contributed by atoms with Crippen LogP contribution in [0.1, 0.15) is 18.4 Å². The fourth-order valence-electron chi connectivity index (χ4n) is 3.28. The van der Waals surface area contributed by atoms with E-state index in [1.54, 1.807) is 18.2 Å². The summed E-state index contributed by atoms with van der Waals surface area (Å²) in [6, 6.07) is 9.73. The van der Waals surface area contributed by atoms with Gasteiger partial charge in [-0.1, -0.05) is 29.3 Å². The summed E-state index contributed by atoms with van der Waals surface area (Å²) in [5.74, 6) is -0.484. The number of nitrogens with zero attached hydrogens (tertiary/aromatic N) is 1. The van der Waals surface area contributed by atoms with E-state index in [1.807, 2.05) is 13.0 Å². The zero-order chi connectivity index (χ0) is 21.2. The normalized spacial score (nSPS) is 17.7. The molecule has 0 bridgehead atoms. The summed E-state index contributed by atoms with van der Waals surface area (Å²) in [7, 11) is -2.45. The molecule has 29 heavy (non-hydrogen) atoms. The second-order valence-electron chi connectivity index (χ2n) is 6.95. The van der Waals surface area contributed by atoms with Crippen molar-refractivity contribution in [2.24, 2.45) is 5.92 Å². The Bertz CT molecular complexity index is 1030. The van der Waals surface area contributed by atoms with Gasteiger partial charge in [-0.2, -0.15) is 4.31 Å². The molecule has 1 saturated heterocycles. The van der Waals surface area contributed by atoms with Gasteiger partial charge in [0.05, 0.1) is 13.0 Å². The molecule has 0 saturated carbocycles. The molecular weight excluding hydrogens is 435 g/mol. The van der Waals surface area contributed by atoms with Gasteiger partial charge in [-0.25, -0.2) is 8.42 Å². The molecule has 2 aromatic carbocycles. The molecule has 1 amide bonds. The van der Waals surface area contributed by atoms with Crippen molar-refractivity contribution in [1.29, 1.82) is 0 Å². The highest BCUT2D eigenvalue weighted by Gasteiger charge is 2.35. The molecular formula is C20H22Cl2N2O4S. The van der Waals surface area contributed by atoms with Crippen LogP contribution in [0.15, 0.2) is 41.3 Å². The van der Waals surface area contributed by atoms with Gasteiger partial charge in [0.2, 0.25) is 15.9 Å². The maximum absolute atomic E-state index is 13.2. The third-order valence-electron chi connectivity index (χ3n) is 4.94. The second-order valence-corrected chi connectivity index (χ2v) is 9.70. The van der Waals surface area contributed by atoms with Crippen molar-refractivity contribution < 1.29 is 17.9 Å².